The minimum atomic E-state index is -0.0134. The van der Waals surface area contributed by atoms with E-state index >= 15 is 0 Å². The fourth-order valence-corrected chi connectivity index (χ4v) is 2.10. The van der Waals surface area contributed by atoms with Crippen LogP contribution >= 0.6 is 0 Å². The summed E-state index contributed by atoms with van der Waals surface area (Å²) >= 11 is 0. The molecule has 1 atom stereocenters. The number of hydrogen-bond acceptors (Lipinski definition) is 4. The molecule has 0 bridgehead atoms. The quantitative estimate of drug-likeness (QED) is 0.873. The van der Waals surface area contributed by atoms with E-state index in [1.807, 2.05) is 6.92 Å². The second-order valence-electron chi connectivity index (χ2n) is 4.45. The van der Waals surface area contributed by atoms with Crippen molar-refractivity contribution in [3.8, 4) is 0 Å². The average Bonchev–Trinajstić information content (AvgIpc) is 2.89. The van der Waals surface area contributed by atoms with Crippen molar-refractivity contribution in [2.75, 3.05) is 25.4 Å². The van der Waals surface area contributed by atoms with Crippen LogP contribution < -0.4 is 5.73 Å². The number of amides is 1. The van der Waals surface area contributed by atoms with Crippen LogP contribution in [0.3, 0.4) is 0 Å². The lowest BCUT2D eigenvalue weighted by molar-refractivity contribution is 0.0539. The van der Waals surface area contributed by atoms with Gasteiger partial charge in [-0.3, -0.25) is 4.79 Å². The number of hydrogen-bond donors (Lipinski definition) is 1. The molecular formula is C13H19N3O2. The molecule has 18 heavy (non-hydrogen) atoms. The zero-order chi connectivity index (χ0) is 13.0. The topological polar surface area (TPSA) is 68.5 Å². The number of carbonyl (C=O) groups excluding carboxylic acids is 1. The van der Waals surface area contributed by atoms with E-state index in [1.54, 1.807) is 17.0 Å². The smallest absolute Gasteiger partial charge is 0.255 e. The monoisotopic (exact) mass is 249 g/mol. The maximum atomic E-state index is 12.3. The van der Waals surface area contributed by atoms with Crippen molar-refractivity contribution in [1.29, 1.82) is 0 Å². The van der Waals surface area contributed by atoms with E-state index in [1.165, 1.54) is 6.20 Å². The number of nitrogen functional groups attached to an aromatic ring is 1. The van der Waals surface area contributed by atoms with Crippen LogP contribution in [-0.4, -0.2) is 41.6 Å². The molecule has 0 radical (unpaired) electrons. The summed E-state index contributed by atoms with van der Waals surface area (Å²) in [5.74, 6) is 0.411. The van der Waals surface area contributed by atoms with Gasteiger partial charge in [-0.05, 0) is 31.9 Å². The largest absolute Gasteiger partial charge is 0.384 e. The average molecular weight is 249 g/mol. The van der Waals surface area contributed by atoms with Crippen LogP contribution in [0.1, 0.15) is 30.1 Å². The molecule has 2 heterocycles. The molecule has 98 valence electrons. The third-order valence-electron chi connectivity index (χ3n) is 3.15. The van der Waals surface area contributed by atoms with Crippen LogP contribution in [0.4, 0.5) is 5.82 Å². The highest BCUT2D eigenvalue weighted by molar-refractivity contribution is 5.94. The van der Waals surface area contributed by atoms with E-state index in [4.69, 9.17) is 10.5 Å². The summed E-state index contributed by atoms with van der Waals surface area (Å²) in [6.07, 6.45) is 3.81. The van der Waals surface area contributed by atoms with Crippen molar-refractivity contribution < 1.29 is 9.53 Å². The lowest BCUT2D eigenvalue weighted by atomic mass is 10.2. The van der Waals surface area contributed by atoms with Crippen LogP contribution in [0, 0.1) is 0 Å². The molecule has 1 fully saturated rings. The van der Waals surface area contributed by atoms with Crippen molar-refractivity contribution in [2.45, 2.75) is 25.9 Å². The molecule has 0 aromatic carbocycles. The van der Waals surface area contributed by atoms with Crippen LogP contribution in [0.2, 0.25) is 0 Å². The predicted octanol–water partition coefficient (Wildman–Crippen LogP) is 1.30. The summed E-state index contributed by atoms with van der Waals surface area (Å²) in [6.45, 7) is 4.10. The first kappa shape index (κ1) is 12.8. The molecule has 0 spiro atoms. The summed E-state index contributed by atoms with van der Waals surface area (Å²) in [5.41, 5.74) is 6.08. The summed E-state index contributed by atoms with van der Waals surface area (Å²) in [5, 5.41) is 0. The van der Waals surface area contributed by atoms with E-state index in [-0.39, 0.29) is 12.0 Å². The number of pyridine rings is 1. The van der Waals surface area contributed by atoms with Gasteiger partial charge in [0.1, 0.15) is 5.82 Å². The van der Waals surface area contributed by atoms with Crippen molar-refractivity contribution in [1.82, 2.24) is 9.88 Å². The summed E-state index contributed by atoms with van der Waals surface area (Å²) in [4.78, 5) is 18.0. The Morgan fingerprint density at radius 3 is 3.00 bits per heavy atom. The van der Waals surface area contributed by atoms with Gasteiger partial charge in [-0.25, -0.2) is 4.98 Å². The van der Waals surface area contributed by atoms with Gasteiger partial charge in [0.2, 0.25) is 0 Å². The lowest BCUT2D eigenvalue weighted by Crippen LogP contribution is -2.37. The van der Waals surface area contributed by atoms with Crippen LogP contribution in [0.15, 0.2) is 18.3 Å². The van der Waals surface area contributed by atoms with Gasteiger partial charge in [-0.15, -0.1) is 0 Å². The van der Waals surface area contributed by atoms with E-state index in [2.05, 4.69) is 4.98 Å². The predicted molar refractivity (Wildman–Crippen MR) is 69.2 cm³/mol. The first-order valence-electron chi connectivity index (χ1n) is 6.33. The number of carbonyl (C=O) groups is 1. The molecule has 2 rings (SSSR count). The molecule has 1 aliphatic rings. The second kappa shape index (κ2) is 5.82. The number of likely N-dealkylation sites (N-methyl/N-ethyl adjacent to an activating group) is 1. The van der Waals surface area contributed by atoms with Gasteiger partial charge in [0.15, 0.2) is 0 Å². The lowest BCUT2D eigenvalue weighted by Gasteiger charge is -2.23. The van der Waals surface area contributed by atoms with Crippen molar-refractivity contribution >= 4 is 11.7 Å². The Hall–Kier alpha value is -1.62. The van der Waals surface area contributed by atoms with Crippen molar-refractivity contribution in [3.63, 3.8) is 0 Å². The van der Waals surface area contributed by atoms with E-state index in [0.717, 1.165) is 19.4 Å². The molecule has 1 aliphatic heterocycles. The van der Waals surface area contributed by atoms with Crippen LogP contribution in [0.25, 0.3) is 0 Å². The Balaban J connectivity index is 2.02. The van der Waals surface area contributed by atoms with Gasteiger partial charge in [0, 0.05) is 25.9 Å². The molecule has 2 N–H and O–H groups in total. The Bertz CT molecular complexity index is 399. The van der Waals surface area contributed by atoms with Gasteiger partial charge >= 0.3 is 0 Å². The molecule has 0 saturated carbocycles. The van der Waals surface area contributed by atoms with Gasteiger partial charge in [0.05, 0.1) is 11.7 Å². The third kappa shape index (κ3) is 2.98. The summed E-state index contributed by atoms with van der Waals surface area (Å²) in [7, 11) is 0. The third-order valence-corrected chi connectivity index (χ3v) is 3.15. The maximum absolute atomic E-state index is 12.3. The summed E-state index contributed by atoms with van der Waals surface area (Å²) < 4.78 is 5.56. The first-order valence-corrected chi connectivity index (χ1v) is 6.33. The fourth-order valence-electron chi connectivity index (χ4n) is 2.10. The molecule has 1 aromatic rings. The minimum Gasteiger partial charge on any atom is -0.384 e. The van der Waals surface area contributed by atoms with E-state index < -0.39 is 0 Å². The van der Waals surface area contributed by atoms with Crippen LogP contribution in [-0.2, 0) is 4.74 Å². The Kier molecular flexibility index (Phi) is 4.15. The Morgan fingerprint density at radius 2 is 2.44 bits per heavy atom. The maximum Gasteiger partial charge on any atom is 0.255 e. The zero-order valence-corrected chi connectivity index (χ0v) is 10.6. The van der Waals surface area contributed by atoms with Gasteiger partial charge in [-0.1, -0.05) is 0 Å². The number of ether oxygens (including phenoxy) is 1. The van der Waals surface area contributed by atoms with Crippen molar-refractivity contribution in [2.24, 2.45) is 0 Å². The SMILES string of the molecule is CCN(CC1CCCO1)C(=O)c1ccc(N)nc1. The molecule has 5 nitrogen and oxygen atoms in total. The number of rotatable bonds is 4. The Morgan fingerprint density at radius 1 is 1.61 bits per heavy atom. The highest BCUT2D eigenvalue weighted by Crippen LogP contribution is 2.15. The molecule has 1 unspecified atom stereocenters. The first-order chi connectivity index (χ1) is 8.70. The minimum absolute atomic E-state index is 0.0134. The molecule has 1 amide bonds. The number of aromatic nitrogens is 1. The number of anilines is 1. The second-order valence-corrected chi connectivity index (χ2v) is 4.45. The Labute approximate surface area is 107 Å². The van der Waals surface area contributed by atoms with E-state index in [9.17, 15) is 4.79 Å². The van der Waals surface area contributed by atoms with Crippen molar-refractivity contribution in [3.05, 3.63) is 23.9 Å². The molecular weight excluding hydrogens is 230 g/mol. The molecule has 0 aliphatic carbocycles. The number of nitrogens with zero attached hydrogens (tertiary/aromatic N) is 2. The standard InChI is InChI=1S/C13H19N3O2/c1-2-16(9-11-4-3-7-18-11)13(17)10-5-6-12(14)15-8-10/h5-6,8,11H,2-4,7,9H2,1H3,(H2,14,15). The molecule has 5 heteroatoms. The highest BCUT2D eigenvalue weighted by Gasteiger charge is 2.22. The van der Waals surface area contributed by atoms with Gasteiger partial charge in [-0.2, -0.15) is 0 Å². The molecule has 1 saturated heterocycles. The van der Waals surface area contributed by atoms with E-state index in [0.29, 0.717) is 24.5 Å². The summed E-state index contributed by atoms with van der Waals surface area (Å²) in [6, 6.07) is 3.36. The van der Waals surface area contributed by atoms with Gasteiger partial charge < -0.3 is 15.4 Å². The van der Waals surface area contributed by atoms with Gasteiger partial charge in [0.25, 0.3) is 5.91 Å². The number of nitrogens with two attached hydrogens (primary N) is 1. The normalized spacial score (nSPS) is 18.8. The zero-order valence-electron chi connectivity index (χ0n) is 10.6. The highest BCUT2D eigenvalue weighted by atomic mass is 16.5. The molecule has 1 aromatic heterocycles. The van der Waals surface area contributed by atoms with Crippen LogP contribution in [0.5, 0.6) is 0 Å². The fraction of sp³-hybridized carbons (Fsp3) is 0.538.